The van der Waals surface area contributed by atoms with Gasteiger partial charge in [-0.3, -0.25) is 4.79 Å². The Hall–Kier alpha value is -1.46. The molecule has 1 heterocycles. The van der Waals surface area contributed by atoms with E-state index < -0.39 is 0 Å². The third-order valence-electron chi connectivity index (χ3n) is 3.40. The molecular formula is C15H23ClN2O3. The minimum Gasteiger partial charge on any atom is -0.497 e. The van der Waals surface area contributed by atoms with E-state index in [9.17, 15) is 4.79 Å². The van der Waals surface area contributed by atoms with Crippen molar-refractivity contribution in [3.63, 3.8) is 0 Å². The van der Waals surface area contributed by atoms with Crippen molar-refractivity contribution < 1.29 is 14.3 Å². The lowest BCUT2D eigenvalue weighted by atomic mass is 9.99. The Balaban J connectivity index is 0.00000220. The topological polar surface area (TPSA) is 59.6 Å². The molecule has 21 heavy (non-hydrogen) atoms. The van der Waals surface area contributed by atoms with Crippen molar-refractivity contribution in [1.29, 1.82) is 0 Å². The van der Waals surface area contributed by atoms with Gasteiger partial charge in [0, 0.05) is 6.54 Å². The van der Waals surface area contributed by atoms with Crippen LogP contribution in [0.15, 0.2) is 24.3 Å². The number of hydrogen-bond donors (Lipinski definition) is 2. The highest BCUT2D eigenvalue weighted by molar-refractivity contribution is 5.85. The van der Waals surface area contributed by atoms with Gasteiger partial charge in [0.15, 0.2) is 0 Å². The average Bonchev–Trinajstić information content (AvgIpc) is 2.53. The summed E-state index contributed by atoms with van der Waals surface area (Å²) in [6.07, 6.45) is 2.04. The summed E-state index contributed by atoms with van der Waals surface area (Å²) in [5, 5.41) is 6.16. The van der Waals surface area contributed by atoms with Crippen molar-refractivity contribution in [3.05, 3.63) is 24.3 Å². The minimum absolute atomic E-state index is 0. The Labute approximate surface area is 131 Å². The Bertz CT molecular complexity index is 419. The number of hydrogen-bond acceptors (Lipinski definition) is 4. The summed E-state index contributed by atoms with van der Waals surface area (Å²) in [5.41, 5.74) is 0. The number of piperidine rings is 1. The van der Waals surface area contributed by atoms with Gasteiger partial charge in [0.2, 0.25) is 5.91 Å². The van der Waals surface area contributed by atoms with E-state index in [2.05, 4.69) is 10.6 Å². The molecule has 0 spiro atoms. The summed E-state index contributed by atoms with van der Waals surface area (Å²) in [4.78, 5) is 11.9. The van der Waals surface area contributed by atoms with Crippen molar-refractivity contribution >= 4 is 18.3 Å². The fraction of sp³-hybridized carbons (Fsp3) is 0.533. The van der Waals surface area contributed by atoms with Crippen LogP contribution in [0.3, 0.4) is 0 Å². The lowest BCUT2D eigenvalue weighted by Crippen LogP contribution is -2.41. The van der Waals surface area contributed by atoms with Gasteiger partial charge in [0.05, 0.1) is 19.6 Å². The van der Waals surface area contributed by atoms with Crippen LogP contribution in [0.5, 0.6) is 11.5 Å². The van der Waals surface area contributed by atoms with Gasteiger partial charge in [-0.2, -0.15) is 0 Å². The molecule has 1 saturated heterocycles. The smallest absolute Gasteiger partial charge is 0.224 e. The Morgan fingerprint density at radius 2 is 2.05 bits per heavy atom. The number of rotatable bonds is 6. The molecule has 1 amide bonds. The van der Waals surface area contributed by atoms with Gasteiger partial charge in [-0.25, -0.2) is 0 Å². The Kier molecular flexibility index (Phi) is 7.93. The summed E-state index contributed by atoms with van der Waals surface area (Å²) < 4.78 is 10.6. The van der Waals surface area contributed by atoms with Crippen LogP contribution in [-0.4, -0.2) is 39.3 Å². The van der Waals surface area contributed by atoms with E-state index in [1.54, 1.807) is 7.11 Å². The van der Waals surface area contributed by atoms with Crippen molar-refractivity contribution in [1.82, 2.24) is 10.6 Å². The van der Waals surface area contributed by atoms with Gasteiger partial charge < -0.3 is 20.1 Å². The monoisotopic (exact) mass is 314 g/mol. The highest BCUT2D eigenvalue weighted by Crippen LogP contribution is 2.16. The van der Waals surface area contributed by atoms with Crippen LogP contribution in [0, 0.1) is 5.92 Å². The molecule has 1 unspecified atom stereocenters. The molecular weight excluding hydrogens is 292 g/mol. The fourth-order valence-corrected chi connectivity index (χ4v) is 2.24. The molecule has 2 N–H and O–H groups in total. The quantitative estimate of drug-likeness (QED) is 0.783. The van der Waals surface area contributed by atoms with Crippen molar-refractivity contribution in [2.75, 3.05) is 33.4 Å². The predicted molar refractivity (Wildman–Crippen MR) is 84.3 cm³/mol. The SMILES string of the molecule is COc1ccc(OCCNC(=O)C2CCCNC2)cc1.Cl. The number of benzene rings is 1. The molecule has 6 heteroatoms. The first-order valence-corrected chi connectivity index (χ1v) is 7.05. The maximum atomic E-state index is 11.9. The number of nitrogens with one attached hydrogen (secondary N) is 2. The van der Waals surface area contributed by atoms with E-state index in [4.69, 9.17) is 9.47 Å². The summed E-state index contributed by atoms with van der Waals surface area (Å²) in [7, 11) is 1.63. The second kappa shape index (κ2) is 9.47. The zero-order valence-electron chi connectivity index (χ0n) is 12.3. The van der Waals surface area contributed by atoms with Crippen LogP contribution in [0.4, 0.5) is 0 Å². The fourth-order valence-electron chi connectivity index (χ4n) is 2.24. The molecule has 0 aromatic heterocycles. The first-order valence-electron chi connectivity index (χ1n) is 7.05. The lowest BCUT2D eigenvalue weighted by molar-refractivity contribution is -0.125. The molecule has 1 fully saturated rings. The van der Waals surface area contributed by atoms with Gasteiger partial charge >= 0.3 is 0 Å². The highest BCUT2D eigenvalue weighted by Gasteiger charge is 2.20. The molecule has 0 aliphatic carbocycles. The maximum Gasteiger partial charge on any atom is 0.224 e. The molecule has 1 aromatic carbocycles. The standard InChI is InChI=1S/C15H22N2O3.ClH/c1-19-13-4-6-14(7-5-13)20-10-9-17-15(18)12-3-2-8-16-11-12;/h4-7,12,16H,2-3,8-11H2,1H3,(H,17,18);1H. The normalized spacial score (nSPS) is 17.5. The van der Waals surface area contributed by atoms with Gasteiger partial charge in [-0.15, -0.1) is 12.4 Å². The summed E-state index contributed by atoms with van der Waals surface area (Å²) >= 11 is 0. The zero-order chi connectivity index (χ0) is 14.2. The second-order valence-electron chi connectivity index (χ2n) is 4.86. The van der Waals surface area contributed by atoms with Gasteiger partial charge in [0.25, 0.3) is 0 Å². The summed E-state index contributed by atoms with van der Waals surface area (Å²) in [6, 6.07) is 7.40. The van der Waals surface area contributed by atoms with E-state index in [1.807, 2.05) is 24.3 Å². The van der Waals surface area contributed by atoms with Crippen molar-refractivity contribution in [2.24, 2.45) is 5.92 Å². The highest BCUT2D eigenvalue weighted by atomic mass is 35.5. The number of carbonyl (C=O) groups is 1. The van der Waals surface area contributed by atoms with Crippen molar-refractivity contribution in [3.8, 4) is 11.5 Å². The van der Waals surface area contributed by atoms with E-state index in [1.165, 1.54) is 0 Å². The first-order chi connectivity index (χ1) is 9.79. The largest absolute Gasteiger partial charge is 0.497 e. The average molecular weight is 315 g/mol. The van der Waals surface area contributed by atoms with E-state index in [0.29, 0.717) is 13.2 Å². The first kappa shape index (κ1) is 17.6. The molecule has 1 aliphatic heterocycles. The predicted octanol–water partition coefficient (Wildman–Crippen LogP) is 1.61. The molecule has 0 bridgehead atoms. The van der Waals surface area contributed by atoms with Crippen LogP contribution >= 0.6 is 12.4 Å². The van der Waals surface area contributed by atoms with Crippen LogP contribution in [0.25, 0.3) is 0 Å². The van der Waals surface area contributed by atoms with E-state index in [0.717, 1.165) is 37.4 Å². The number of ether oxygens (including phenoxy) is 2. The van der Waals surface area contributed by atoms with Crippen molar-refractivity contribution in [2.45, 2.75) is 12.8 Å². The third kappa shape index (κ3) is 5.81. The number of halogens is 1. The van der Waals surface area contributed by atoms with Crippen LogP contribution < -0.4 is 20.1 Å². The third-order valence-corrected chi connectivity index (χ3v) is 3.40. The molecule has 5 nitrogen and oxygen atoms in total. The summed E-state index contributed by atoms with van der Waals surface area (Å²) in [6.45, 7) is 2.80. The van der Waals surface area contributed by atoms with Crippen LogP contribution in [0.1, 0.15) is 12.8 Å². The summed E-state index contributed by atoms with van der Waals surface area (Å²) in [5.74, 6) is 1.80. The lowest BCUT2D eigenvalue weighted by Gasteiger charge is -2.21. The van der Waals surface area contributed by atoms with Crippen LogP contribution in [0.2, 0.25) is 0 Å². The molecule has 2 rings (SSSR count). The maximum absolute atomic E-state index is 11.9. The second-order valence-corrected chi connectivity index (χ2v) is 4.86. The molecule has 118 valence electrons. The van der Waals surface area contributed by atoms with Gasteiger partial charge in [-0.05, 0) is 43.7 Å². The molecule has 1 aromatic rings. The zero-order valence-corrected chi connectivity index (χ0v) is 13.1. The Morgan fingerprint density at radius 1 is 1.33 bits per heavy atom. The molecule has 1 atom stereocenters. The number of carbonyl (C=O) groups excluding carboxylic acids is 1. The van der Waals surface area contributed by atoms with Gasteiger partial charge in [-0.1, -0.05) is 0 Å². The number of amides is 1. The van der Waals surface area contributed by atoms with Crippen LogP contribution in [-0.2, 0) is 4.79 Å². The molecule has 1 aliphatic rings. The Morgan fingerprint density at radius 3 is 2.67 bits per heavy atom. The molecule has 0 saturated carbocycles. The van der Waals surface area contributed by atoms with E-state index in [-0.39, 0.29) is 24.2 Å². The molecule has 0 radical (unpaired) electrons. The minimum atomic E-state index is 0. The van der Waals surface area contributed by atoms with Gasteiger partial charge in [0.1, 0.15) is 18.1 Å². The van der Waals surface area contributed by atoms with E-state index >= 15 is 0 Å². The number of methoxy groups -OCH3 is 1.